The summed E-state index contributed by atoms with van der Waals surface area (Å²) >= 11 is 8.43. The highest BCUT2D eigenvalue weighted by Gasteiger charge is 2.26. The lowest BCUT2D eigenvalue weighted by atomic mass is 10.0. The van der Waals surface area contributed by atoms with Crippen LogP contribution in [-0.2, 0) is 24.3 Å². The normalized spacial score (nSPS) is 13.5. The number of benzene rings is 3. The number of anilines is 3. The first-order valence-corrected chi connectivity index (χ1v) is 15.1. The first kappa shape index (κ1) is 27.9. The van der Waals surface area contributed by atoms with Crippen LogP contribution in [0.15, 0.2) is 89.8 Å². The molecule has 0 saturated heterocycles. The predicted molar refractivity (Wildman–Crippen MR) is 170 cm³/mol. The molecule has 6 nitrogen and oxygen atoms in total. The fraction of sp³-hybridized carbons (Fsp3) is 0.194. The number of carbonyl (C=O) groups is 1. The van der Waals surface area contributed by atoms with Gasteiger partial charge in [0.15, 0.2) is 5.11 Å². The fourth-order valence-corrected chi connectivity index (χ4v) is 6.98. The fourth-order valence-electron chi connectivity index (χ4n) is 4.57. The Morgan fingerprint density at radius 2 is 1.73 bits per heavy atom. The molecule has 1 aliphatic heterocycles. The van der Waals surface area contributed by atoms with Crippen molar-refractivity contribution in [3.05, 3.63) is 106 Å². The van der Waals surface area contributed by atoms with Gasteiger partial charge < -0.3 is 16.0 Å². The van der Waals surface area contributed by atoms with Crippen LogP contribution in [0.1, 0.15) is 28.5 Å². The van der Waals surface area contributed by atoms with Crippen LogP contribution in [0.2, 0.25) is 0 Å². The zero-order chi connectivity index (χ0) is 27.9. The highest BCUT2D eigenvalue weighted by Crippen LogP contribution is 2.37. The molecule has 1 amide bonds. The van der Waals surface area contributed by atoms with Gasteiger partial charge in [-0.15, -0.1) is 23.1 Å². The van der Waals surface area contributed by atoms with E-state index in [1.54, 1.807) is 0 Å². The number of fused-ring (bicyclic) bond motifs is 1. The largest absolute Gasteiger partial charge is 0.332 e. The first-order valence-electron chi connectivity index (χ1n) is 13.0. The molecule has 1 aromatic heterocycles. The second-order valence-corrected chi connectivity index (χ2v) is 12.4. The third-order valence-electron chi connectivity index (χ3n) is 6.54. The molecule has 0 bridgehead atoms. The van der Waals surface area contributed by atoms with E-state index in [4.69, 9.17) is 12.2 Å². The van der Waals surface area contributed by atoms with E-state index in [1.807, 2.05) is 67.6 Å². The van der Waals surface area contributed by atoms with Crippen LogP contribution in [0.25, 0.3) is 0 Å². The van der Waals surface area contributed by atoms with E-state index in [0.29, 0.717) is 15.7 Å². The maximum atomic E-state index is 13.2. The molecule has 9 heteroatoms. The predicted octanol–water partition coefficient (Wildman–Crippen LogP) is 7.11. The van der Waals surface area contributed by atoms with Crippen molar-refractivity contribution < 1.29 is 4.79 Å². The second kappa shape index (κ2) is 13.1. The SMILES string of the molecule is CC(Sc1cccc(NC(=S)Nc2ccccc2)c1)C(=O)Nc1sc2c(c1C#N)CCN(Cc1ccccc1)C2. The van der Waals surface area contributed by atoms with Gasteiger partial charge in [0.2, 0.25) is 5.91 Å². The van der Waals surface area contributed by atoms with E-state index in [-0.39, 0.29) is 11.2 Å². The Morgan fingerprint density at radius 3 is 2.48 bits per heavy atom. The number of thiocarbonyl (C=S) groups is 1. The molecular weight excluding hydrogens is 555 g/mol. The van der Waals surface area contributed by atoms with E-state index < -0.39 is 0 Å². The van der Waals surface area contributed by atoms with E-state index in [9.17, 15) is 10.1 Å². The molecule has 3 aromatic carbocycles. The van der Waals surface area contributed by atoms with Gasteiger partial charge in [-0.2, -0.15) is 5.26 Å². The molecule has 0 saturated carbocycles. The zero-order valence-electron chi connectivity index (χ0n) is 22.0. The number of carbonyl (C=O) groups excluding carboxylic acids is 1. The lowest BCUT2D eigenvalue weighted by Crippen LogP contribution is -2.29. The number of hydrogen-bond acceptors (Lipinski definition) is 6. The molecule has 0 spiro atoms. The lowest BCUT2D eigenvalue weighted by Gasteiger charge is -2.26. The van der Waals surface area contributed by atoms with Crippen LogP contribution >= 0.6 is 35.3 Å². The van der Waals surface area contributed by atoms with E-state index in [2.05, 4.69) is 51.2 Å². The Kier molecular flexibility index (Phi) is 9.14. The van der Waals surface area contributed by atoms with Gasteiger partial charge in [0.1, 0.15) is 11.1 Å². The van der Waals surface area contributed by atoms with Gasteiger partial charge in [-0.1, -0.05) is 54.6 Å². The van der Waals surface area contributed by atoms with Crippen LogP contribution in [-0.4, -0.2) is 27.7 Å². The van der Waals surface area contributed by atoms with Gasteiger partial charge in [-0.05, 0) is 67.0 Å². The van der Waals surface area contributed by atoms with Crippen LogP contribution in [0.5, 0.6) is 0 Å². The van der Waals surface area contributed by atoms with Crippen molar-refractivity contribution in [2.75, 3.05) is 22.5 Å². The average Bonchev–Trinajstić information content (AvgIpc) is 3.30. The highest BCUT2D eigenvalue weighted by molar-refractivity contribution is 8.00. The Morgan fingerprint density at radius 1 is 1.02 bits per heavy atom. The molecule has 0 aliphatic carbocycles. The third-order valence-corrected chi connectivity index (χ3v) is 8.97. The molecular formula is C31H29N5OS3. The molecule has 1 aliphatic rings. The van der Waals surface area contributed by atoms with Crippen LogP contribution in [0, 0.1) is 11.3 Å². The maximum Gasteiger partial charge on any atom is 0.238 e. The third kappa shape index (κ3) is 7.09. The van der Waals surface area contributed by atoms with Crippen molar-refractivity contribution in [2.24, 2.45) is 0 Å². The minimum Gasteiger partial charge on any atom is -0.332 e. The van der Waals surface area contributed by atoms with Gasteiger partial charge in [-0.3, -0.25) is 9.69 Å². The zero-order valence-corrected chi connectivity index (χ0v) is 24.5. The molecule has 0 fully saturated rings. The Balaban J connectivity index is 1.19. The maximum absolute atomic E-state index is 13.2. The quantitative estimate of drug-likeness (QED) is 0.151. The van der Waals surface area contributed by atoms with E-state index >= 15 is 0 Å². The summed E-state index contributed by atoms with van der Waals surface area (Å²) in [5.74, 6) is -0.124. The van der Waals surface area contributed by atoms with Crippen molar-refractivity contribution in [2.45, 2.75) is 36.6 Å². The number of para-hydroxylation sites is 1. The first-order chi connectivity index (χ1) is 19.5. The second-order valence-electron chi connectivity index (χ2n) is 9.49. The summed E-state index contributed by atoms with van der Waals surface area (Å²) in [6.45, 7) is 4.42. The Bertz CT molecular complexity index is 1530. The van der Waals surface area contributed by atoms with Gasteiger partial charge in [0, 0.05) is 40.8 Å². The van der Waals surface area contributed by atoms with Crippen LogP contribution in [0.3, 0.4) is 0 Å². The molecule has 3 N–H and O–H groups in total. The molecule has 1 atom stereocenters. The summed E-state index contributed by atoms with van der Waals surface area (Å²) in [7, 11) is 0. The number of thioether (sulfide) groups is 1. The van der Waals surface area contributed by atoms with Crippen molar-refractivity contribution >= 4 is 62.7 Å². The van der Waals surface area contributed by atoms with Crippen molar-refractivity contribution in [3.8, 4) is 6.07 Å². The van der Waals surface area contributed by atoms with Gasteiger partial charge >= 0.3 is 0 Å². The summed E-state index contributed by atoms with van der Waals surface area (Å²) in [4.78, 5) is 17.7. The van der Waals surface area contributed by atoms with Gasteiger partial charge in [0.25, 0.3) is 0 Å². The van der Waals surface area contributed by atoms with Crippen LogP contribution in [0.4, 0.5) is 16.4 Å². The Hall–Kier alpha value is -3.68. The monoisotopic (exact) mass is 583 g/mol. The number of nitrogens with zero attached hydrogens (tertiary/aromatic N) is 2. The van der Waals surface area contributed by atoms with E-state index in [1.165, 1.54) is 28.7 Å². The number of thiophene rings is 1. The molecule has 0 radical (unpaired) electrons. The van der Waals surface area contributed by atoms with Crippen molar-refractivity contribution in [1.82, 2.24) is 4.90 Å². The number of nitriles is 1. The number of rotatable bonds is 8. The summed E-state index contributed by atoms with van der Waals surface area (Å²) in [5, 5.41) is 20.1. The highest BCUT2D eigenvalue weighted by atomic mass is 32.2. The molecule has 1 unspecified atom stereocenters. The minimum atomic E-state index is -0.357. The molecule has 4 aromatic rings. The number of amides is 1. The summed E-state index contributed by atoms with van der Waals surface area (Å²) in [6, 6.07) is 30.3. The summed E-state index contributed by atoms with van der Waals surface area (Å²) < 4.78 is 0. The molecule has 202 valence electrons. The average molecular weight is 584 g/mol. The van der Waals surface area contributed by atoms with Gasteiger partial charge in [-0.25, -0.2) is 0 Å². The van der Waals surface area contributed by atoms with E-state index in [0.717, 1.165) is 52.8 Å². The summed E-state index contributed by atoms with van der Waals surface area (Å²) in [5.41, 5.74) is 4.70. The van der Waals surface area contributed by atoms with Crippen LogP contribution < -0.4 is 16.0 Å². The smallest absolute Gasteiger partial charge is 0.238 e. The molecule has 40 heavy (non-hydrogen) atoms. The molecule has 5 rings (SSSR count). The standard InChI is InChI=1S/C31H29N5OS3/c1-21(39-25-14-8-13-24(17-25)34-31(38)33-23-11-6-3-7-12-23)29(37)35-30-27(18-32)26-15-16-36(20-28(26)40-30)19-22-9-4-2-5-10-22/h2-14,17,21H,15-16,19-20H2,1H3,(H,35,37)(H2,33,34,38). The minimum absolute atomic E-state index is 0.124. The number of hydrogen-bond donors (Lipinski definition) is 3. The summed E-state index contributed by atoms with van der Waals surface area (Å²) in [6.07, 6.45) is 0.808. The Labute approximate surface area is 248 Å². The van der Waals surface area contributed by atoms with Gasteiger partial charge in [0.05, 0.1) is 10.8 Å². The topological polar surface area (TPSA) is 80.2 Å². The van der Waals surface area contributed by atoms with Crippen molar-refractivity contribution in [3.63, 3.8) is 0 Å². The lowest BCUT2D eigenvalue weighted by molar-refractivity contribution is -0.115. The molecule has 2 heterocycles. The van der Waals surface area contributed by atoms with Crippen molar-refractivity contribution in [1.29, 1.82) is 5.26 Å². The number of nitrogens with one attached hydrogen (secondary N) is 3.